The lowest BCUT2D eigenvalue weighted by Crippen LogP contribution is -2.33. The summed E-state index contributed by atoms with van der Waals surface area (Å²) in [4.78, 5) is 19.3. The Morgan fingerprint density at radius 1 is 1.15 bits per heavy atom. The molecule has 0 N–H and O–H groups in total. The Balaban J connectivity index is 1.99. The Morgan fingerprint density at radius 3 is 2.33 bits per heavy atom. The van der Waals surface area contributed by atoms with Crippen LogP contribution < -0.4 is 0 Å². The van der Waals surface area contributed by atoms with Gasteiger partial charge in [-0.05, 0) is 67.6 Å². The van der Waals surface area contributed by atoms with Gasteiger partial charge in [0.2, 0.25) is 10.0 Å². The number of rotatable bonds is 6. The molecule has 7 heteroatoms. The van der Waals surface area contributed by atoms with E-state index in [9.17, 15) is 13.2 Å². The molecule has 27 heavy (non-hydrogen) atoms. The highest BCUT2D eigenvalue weighted by Gasteiger charge is 2.34. The molecule has 1 aliphatic carbocycles. The zero-order valence-electron chi connectivity index (χ0n) is 16.1. The SMILES string of the molecule is Cc1cc(C(=O)N(Cc2ccncc2)C2CC2)cc(S(=O)(=O)N(C)C)c1C. The van der Waals surface area contributed by atoms with Crippen LogP contribution in [0.15, 0.2) is 41.6 Å². The van der Waals surface area contributed by atoms with Gasteiger partial charge in [-0.3, -0.25) is 9.78 Å². The quantitative estimate of drug-likeness (QED) is 0.764. The predicted octanol–water partition coefficient (Wildman–Crippen LogP) is 2.75. The lowest BCUT2D eigenvalue weighted by Gasteiger charge is -2.24. The maximum absolute atomic E-state index is 13.2. The van der Waals surface area contributed by atoms with Gasteiger partial charge in [-0.15, -0.1) is 0 Å². The number of carbonyl (C=O) groups excluding carboxylic acids is 1. The first-order valence-corrected chi connectivity index (χ1v) is 10.4. The number of carbonyl (C=O) groups is 1. The van der Waals surface area contributed by atoms with Gasteiger partial charge >= 0.3 is 0 Å². The van der Waals surface area contributed by atoms with E-state index in [1.807, 2.05) is 24.0 Å². The highest BCUT2D eigenvalue weighted by molar-refractivity contribution is 7.89. The van der Waals surface area contributed by atoms with Crippen LogP contribution in [0.2, 0.25) is 0 Å². The molecule has 6 nitrogen and oxygen atoms in total. The number of hydrogen-bond donors (Lipinski definition) is 0. The minimum atomic E-state index is -3.62. The minimum absolute atomic E-state index is 0.132. The molecule has 3 rings (SSSR count). The Hall–Kier alpha value is -2.25. The maximum Gasteiger partial charge on any atom is 0.254 e. The molecule has 0 aliphatic heterocycles. The average molecular weight is 388 g/mol. The summed E-state index contributed by atoms with van der Waals surface area (Å²) in [6.07, 6.45) is 5.38. The molecule has 1 aromatic heterocycles. The summed E-state index contributed by atoms with van der Waals surface area (Å²) in [6, 6.07) is 7.30. The fraction of sp³-hybridized carbons (Fsp3) is 0.400. The lowest BCUT2D eigenvalue weighted by molar-refractivity contribution is 0.0729. The van der Waals surface area contributed by atoms with Gasteiger partial charge in [-0.1, -0.05) is 0 Å². The summed E-state index contributed by atoms with van der Waals surface area (Å²) in [7, 11) is -0.624. The molecular formula is C20H25N3O3S. The normalized spacial score (nSPS) is 14.4. The predicted molar refractivity (Wildman–Crippen MR) is 104 cm³/mol. The monoisotopic (exact) mass is 387 g/mol. The van der Waals surface area contributed by atoms with Gasteiger partial charge in [0, 0.05) is 44.6 Å². The van der Waals surface area contributed by atoms with Crippen molar-refractivity contribution in [1.82, 2.24) is 14.2 Å². The summed E-state index contributed by atoms with van der Waals surface area (Å²) >= 11 is 0. The van der Waals surface area contributed by atoms with E-state index in [2.05, 4.69) is 4.98 Å². The summed E-state index contributed by atoms with van der Waals surface area (Å²) in [5.74, 6) is -0.132. The molecule has 144 valence electrons. The van der Waals surface area contributed by atoms with Crippen LogP contribution in [0.25, 0.3) is 0 Å². The van der Waals surface area contributed by atoms with Crippen molar-refractivity contribution in [3.8, 4) is 0 Å². The van der Waals surface area contributed by atoms with E-state index in [-0.39, 0.29) is 16.8 Å². The Kier molecular flexibility index (Phi) is 5.35. The van der Waals surface area contributed by atoms with Crippen molar-refractivity contribution < 1.29 is 13.2 Å². The first-order valence-electron chi connectivity index (χ1n) is 8.95. The van der Waals surface area contributed by atoms with E-state index >= 15 is 0 Å². The van der Waals surface area contributed by atoms with E-state index in [0.717, 1.165) is 24.0 Å². The number of aromatic nitrogens is 1. The van der Waals surface area contributed by atoms with Crippen molar-refractivity contribution >= 4 is 15.9 Å². The molecule has 1 aliphatic rings. The number of sulfonamides is 1. The molecule has 2 aromatic rings. The van der Waals surface area contributed by atoms with Gasteiger partial charge in [-0.25, -0.2) is 12.7 Å². The van der Waals surface area contributed by atoms with Crippen LogP contribution in [-0.2, 0) is 16.6 Å². The third-order valence-electron chi connectivity index (χ3n) is 4.98. The Bertz CT molecular complexity index is 952. The molecule has 1 fully saturated rings. The molecule has 1 aromatic carbocycles. The van der Waals surface area contributed by atoms with Crippen LogP contribution in [0.4, 0.5) is 0 Å². The van der Waals surface area contributed by atoms with Crippen LogP contribution in [0.1, 0.15) is 39.9 Å². The second kappa shape index (κ2) is 7.40. The molecular weight excluding hydrogens is 362 g/mol. The second-order valence-corrected chi connectivity index (χ2v) is 9.34. The van der Waals surface area contributed by atoms with Gasteiger partial charge in [0.15, 0.2) is 0 Å². The average Bonchev–Trinajstić information content (AvgIpc) is 3.47. The van der Waals surface area contributed by atoms with E-state index in [1.165, 1.54) is 24.5 Å². The van der Waals surface area contributed by atoms with Gasteiger partial charge in [-0.2, -0.15) is 0 Å². The number of nitrogens with zero attached hydrogens (tertiary/aromatic N) is 3. The third-order valence-corrected chi connectivity index (χ3v) is 6.92. The molecule has 1 heterocycles. The lowest BCUT2D eigenvalue weighted by atomic mass is 10.0. The van der Waals surface area contributed by atoms with Gasteiger partial charge < -0.3 is 4.90 Å². The fourth-order valence-corrected chi connectivity index (χ4v) is 4.24. The van der Waals surface area contributed by atoms with E-state index < -0.39 is 10.0 Å². The summed E-state index contributed by atoms with van der Waals surface area (Å²) < 4.78 is 26.5. The first kappa shape index (κ1) is 19.5. The summed E-state index contributed by atoms with van der Waals surface area (Å²) in [6.45, 7) is 4.11. The van der Waals surface area contributed by atoms with Crippen molar-refractivity contribution in [2.24, 2.45) is 0 Å². The largest absolute Gasteiger partial charge is 0.331 e. The van der Waals surface area contributed by atoms with Crippen LogP contribution in [0.5, 0.6) is 0 Å². The number of pyridine rings is 1. The Morgan fingerprint density at radius 2 is 1.78 bits per heavy atom. The number of amides is 1. The van der Waals surface area contributed by atoms with Crippen molar-refractivity contribution in [2.75, 3.05) is 14.1 Å². The van der Waals surface area contributed by atoms with Gasteiger partial charge in [0.1, 0.15) is 0 Å². The molecule has 1 saturated carbocycles. The maximum atomic E-state index is 13.2. The van der Waals surface area contributed by atoms with E-state index in [1.54, 1.807) is 25.4 Å². The van der Waals surface area contributed by atoms with Crippen LogP contribution >= 0.6 is 0 Å². The zero-order valence-corrected chi connectivity index (χ0v) is 17.0. The van der Waals surface area contributed by atoms with Crippen LogP contribution in [-0.4, -0.2) is 48.7 Å². The number of hydrogen-bond acceptors (Lipinski definition) is 4. The van der Waals surface area contributed by atoms with Crippen molar-refractivity contribution in [3.05, 3.63) is 58.9 Å². The molecule has 0 spiro atoms. The zero-order chi connectivity index (χ0) is 19.8. The summed E-state index contributed by atoms with van der Waals surface area (Å²) in [5.41, 5.74) is 2.89. The van der Waals surface area contributed by atoms with Crippen LogP contribution in [0, 0.1) is 13.8 Å². The molecule has 0 unspecified atom stereocenters. The number of benzene rings is 1. The van der Waals surface area contributed by atoms with Crippen molar-refractivity contribution in [1.29, 1.82) is 0 Å². The highest BCUT2D eigenvalue weighted by atomic mass is 32.2. The van der Waals surface area contributed by atoms with Crippen LogP contribution in [0.3, 0.4) is 0 Å². The van der Waals surface area contributed by atoms with E-state index in [0.29, 0.717) is 17.7 Å². The van der Waals surface area contributed by atoms with Gasteiger partial charge in [0.05, 0.1) is 4.90 Å². The molecule has 1 amide bonds. The second-order valence-electron chi connectivity index (χ2n) is 7.22. The smallest absolute Gasteiger partial charge is 0.254 e. The standard InChI is InChI=1S/C20H25N3O3S/c1-14-11-17(12-19(15(14)2)27(25,26)22(3)4)20(24)23(18-5-6-18)13-16-7-9-21-10-8-16/h7-12,18H,5-6,13H2,1-4H3. The van der Waals surface area contributed by atoms with Crippen molar-refractivity contribution in [2.45, 2.75) is 44.2 Å². The fourth-order valence-electron chi connectivity index (χ4n) is 3.02. The minimum Gasteiger partial charge on any atom is -0.331 e. The topological polar surface area (TPSA) is 70.6 Å². The molecule has 0 atom stereocenters. The number of aryl methyl sites for hydroxylation is 1. The molecule has 0 saturated heterocycles. The van der Waals surface area contributed by atoms with Crippen molar-refractivity contribution in [3.63, 3.8) is 0 Å². The van der Waals surface area contributed by atoms with E-state index in [4.69, 9.17) is 0 Å². The summed E-state index contributed by atoms with van der Waals surface area (Å²) in [5, 5.41) is 0. The highest BCUT2D eigenvalue weighted by Crippen LogP contribution is 2.31. The van der Waals surface area contributed by atoms with Gasteiger partial charge in [0.25, 0.3) is 5.91 Å². The molecule has 0 radical (unpaired) electrons. The third kappa shape index (κ3) is 4.04. The molecule has 0 bridgehead atoms. The first-order chi connectivity index (χ1) is 12.7. The Labute approximate surface area is 160 Å².